The molecule has 0 saturated heterocycles. The number of aliphatic hydroxyl groups excluding tert-OH is 2. The fourth-order valence-electron chi connectivity index (χ4n) is 1.76. The largest absolute Gasteiger partial charge is 0.390 e. The van der Waals surface area contributed by atoms with Crippen LogP contribution in [0.3, 0.4) is 0 Å². The van der Waals surface area contributed by atoms with Gasteiger partial charge in [-0.25, -0.2) is 0 Å². The molecule has 1 aromatic carbocycles. The number of benzene rings is 1. The zero-order chi connectivity index (χ0) is 11.5. The van der Waals surface area contributed by atoms with Crippen molar-refractivity contribution >= 4 is 21.4 Å². The van der Waals surface area contributed by atoms with Crippen LogP contribution < -0.4 is 5.73 Å². The van der Waals surface area contributed by atoms with Crippen LogP contribution in [0, 0.1) is 0 Å². The van der Waals surface area contributed by atoms with Crippen molar-refractivity contribution in [1.29, 1.82) is 0 Å². The Labute approximate surface area is 98.1 Å². The van der Waals surface area contributed by atoms with Crippen molar-refractivity contribution in [2.75, 3.05) is 6.54 Å². The van der Waals surface area contributed by atoms with Crippen LogP contribution in [0.4, 0.5) is 0 Å². The summed E-state index contributed by atoms with van der Waals surface area (Å²) in [6.45, 7) is 0.375. The average Bonchev–Trinajstić information content (AvgIpc) is 2.72. The number of rotatable bonds is 4. The van der Waals surface area contributed by atoms with Crippen molar-refractivity contribution in [2.45, 2.75) is 18.6 Å². The number of fused-ring (bicyclic) bond motifs is 1. The van der Waals surface area contributed by atoms with Gasteiger partial charge < -0.3 is 15.9 Å². The number of nitrogens with two attached hydrogens (primary N) is 1. The molecule has 2 unspecified atom stereocenters. The van der Waals surface area contributed by atoms with E-state index >= 15 is 0 Å². The fraction of sp³-hybridized carbons (Fsp3) is 0.333. The highest BCUT2D eigenvalue weighted by Gasteiger charge is 2.20. The quantitative estimate of drug-likeness (QED) is 0.757. The molecule has 4 heteroatoms. The first-order valence-electron chi connectivity index (χ1n) is 5.26. The molecule has 0 aliphatic heterocycles. The molecule has 86 valence electrons. The maximum Gasteiger partial charge on any atom is 0.106 e. The van der Waals surface area contributed by atoms with E-state index in [9.17, 15) is 10.2 Å². The van der Waals surface area contributed by atoms with Gasteiger partial charge in [0.15, 0.2) is 0 Å². The van der Waals surface area contributed by atoms with Crippen LogP contribution in [0.25, 0.3) is 10.1 Å². The molecule has 2 atom stereocenters. The smallest absolute Gasteiger partial charge is 0.106 e. The van der Waals surface area contributed by atoms with Gasteiger partial charge in [0.2, 0.25) is 0 Å². The molecule has 2 aromatic rings. The van der Waals surface area contributed by atoms with Crippen molar-refractivity contribution in [3.8, 4) is 0 Å². The second kappa shape index (κ2) is 4.93. The van der Waals surface area contributed by atoms with Crippen LogP contribution in [-0.4, -0.2) is 22.9 Å². The van der Waals surface area contributed by atoms with Gasteiger partial charge in [0, 0.05) is 10.3 Å². The van der Waals surface area contributed by atoms with Gasteiger partial charge in [-0.2, -0.15) is 0 Å². The Morgan fingerprint density at radius 1 is 1.25 bits per heavy atom. The van der Waals surface area contributed by atoms with E-state index in [1.807, 2.05) is 29.6 Å². The first kappa shape index (κ1) is 11.5. The van der Waals surface area contributed by atoms with Gasteiger partial charge >= 0.3 is 0 Å². The van der Waals surface area contributed by atoms with E-state index in [2.05, 4.69) is 0 Å². The molecule has 0 bridgehead atoms. The molecular weight excluding hydrogens is 222 g/mol. The molecule has 16 heavy (non-hydrogen) atoms. The summed E-state index contributed by atoms with van der Waals surface area (Å²) in [5, 5.41) is 22.6. The Morgan fingerprint density at radius 2 is 2.00 bits per heavy atom. The van der Waals surface area contributed by atoms with Gasteiger partial charge in [-0.1, -0.05) is 18.2 Å². The highest BCUT2D eigenvalue weighted by molar-refractivity contribution is 7.17. The molecule has 1 aromatic heterocycles. The second-order valence-electron chi connectivity index (χ2n) is 3.78. The van der Waals surface area contributed by atoms with Gasteiger partial charge in [-0.05, 0) is 29.8 Å². The van der Waals surface area contributed by atoms with E-state index in [1.165, 1.54) is 0 Å². The summed E-state index contributed by atoms with van der Waals surface area (Å²) in [5.74, 6) is 0. The molecule has 1 heterocycles. The SMILES string of the molecule is NCCC(O)C(O)c1csc2ccccc12. The minimum Gasteiger partial charge on any atom is -0.390 e. The average molecular weight is 237 g/mol. The number of aliphatic hydroxyl groups is 2. The molecule has 0 spiro atoms. The monoisotopic (exact) mass is 237 g/mol. The summed E-state index contributed by atoms with van der Waals surface area (Å²) >= 11 is 1.58. The Hall–Kier alpha value is -0.940. The van der Waals surface area contributed by atoms with E-state index in [4.69, 9.17) is 5.73 Å². The van der Waals surface area contributed by atoms with E-state index in [0.29, 0.717) is 13.0 Å². The van der Waals surface area contributed by atoms with Crippen LogP contribution in [-0.2, 0) is 0 Å². The summed E-state index contributed by atoms with van der Waals surface area (Å²) in [6.07, 6.45) is -1.23. The number of hydrogen-bond acceptors (Lipinski definition) is 4. The van der Waals surface area contributed by atoms with Crippen molar-refractivity contribution in [3.05, 3.63) is 35.2 Å². The second-order valence-corrected chi connectivity index (χ2v) is 4.69. The zero-order valence-corrected chi connectivity index (χ0v) is 9.65. The van der Waals surface area contributed by atoms with Crippen molar-refractivity contribution < 1.29 is 10.2 Å². The highest BCUT2D eigenvalue weighted by Crippen LogP contribution is 2.32. The van der Waals surface area contributed by atoms with Crippen molar-refractivity contribution in [1.82, 2.24) is 0 Å². The summed E-state index contributed by atoms with van der Waals surface area (Å²) < 4.78 is 1.12. The first-order chi connectivity index (χ1) is 7.74. The molecule has 0 saturated carbocycles. The molecule has 2 rings (SSSR count). The summed E-state index contributed by atoms with van der Waals surface area (Å²) in [5.41, 5.74) is 6.16. The Balaban J connectivity index is 2.32. The maximum atomic E-state index is 10.0. The number of hydrogen-bond donors (Lipinski definition) is 3. The van der Waals surface area contributed by atoms with Gasteiger partial charge in [0.05, 0.1) is 6.10 Å². The van der Waals surface area contributed by atoms with Crippen LogP contribution in [0.15, 0.2) is 29.6 Å². The molecule has 4 N–H and O–H groups in total. The van der Waals surface area contributed by atoms with Gasteiger partial charge in [-0.3, -0.25) is 0 Å². The third-order valence-electron chi connectivity index (χ3n) is 2.66. The predicted molar refractivity (Wildman–Crippen MR) is 66.5 cm³/mol. The Bertz CT molecular complexity index is 469. The third kappa shape index (κ3) is 2.10. The van der Waals surface area contributed by atoms with Gasteiger partial charge in [0.1, 0.15) is 6.10 Å². The maximum absolute atomic E-state index is 10.0. The predicted octanol–water partition coefficient (Wildman–Crippen LogP) is 1.64. The molecule has 3 nitrogen and oxygen atoms in total. The zero-order valence-electron chi connectivity index (χ0n) is 8.84. The summed E-state index contributed by atoms with van der Waals surface area (Å²) in [4.78, 5) is 0. The van der Waals surface area contributed by atoms with E-state index in [-0.39, 0.29) is 0 Å². The Morgan fingerprint density at radius 3 is 2.75 bits per heavy atom. The molecule has 0 amide bonds. The lowest BCUT2D eigenvalue weighted by molar-refractivity contribution is 0.0161. The Kier molecular flexibility index (Phi) is 3.56. The lowest BCUT2D eigenvalue weighted by Crippen LogP contribution is -2.21. The lowest BCUT2D eigenvalue weighted by atomic mass is 10.0. The molecule has 0 aliphatic carbocycles. The van der Waals surface area contributed by atoms with E-state index < -0.39 is 12.2 Å². The normalized spacial score (nSPS) is 15.2. The van der Waals surface area contributed by atoms with Crippen molar-refractivity contribution in [3.63, 3.8) is 0 Å². The topological polar surface area (TPSA) is 66.5 Å². The minimum atomic E-state index is -0.848. The van der Waals surface area contributed by atoms with Crippen LogP contribution in [0.1, 0.15) is 18.1 Å². The van der Waals surface area contributed by atoms with Crippen LogP contribution >= 0.6 is 11.3 Å². The summed E-state index contributed by atoms with van der Waals surface area (Å²) in [6, 6.07) is 7.86. The molecular formula is C12H15NO2S. The van der Waals surface area contributed by atoms with Gasteiger partial charge in [-0.15, -0.1) is 11.3 Å². The lowest BCUT2D eigenvalue weighted by Gasteiger charge is -2.16. The molecule has 0 fully saturated rings. The number of thiophene rings is 1. The first-order valence-corrected chi connectivity index (χ1v) is 6.14. The van der Waals surface area contributed by atoms with E-state index in [1.54, 1.807) is 11.3 Å². The summed E-state index contributed by atoms with van der Waals surface area (Å²) in [7, 11) is 0. The molecule has 0 radical (unpaired) electrons. The van der Waals surface area contributed by atoms with Crippen molar-refractivity contribution in [2.24, 2.45) is 5.73 Å². The minimum absolute atomic E-state index is 0.375. The van der Waals surface area contributed by atoms with Gasteiger partial charge in [0.25, 0.3) is 0 Å². The van der Waals surface area contributed by atoms with Crippen LogP contribution in [0.2, 0.25) is 0 Å². The van der Waals surface area contributed by atoms with Crippen LogP contribution in [0.5, 0.6) is 0 Å². The highest BCUT2D eigenvalue weighted by atomic mass is 32.1. The molecule has 0 aliphatic rings. The standard InChI is InChI=1S/C12H15NO2S/c13-6-5-10(14)12(15)9-7-16-11-4-2-1-3-8(9)11/h1-4,7,10,12,14-15H,5-6,13H2. The van der Waals surface area contributed by atoms with E-state index in [0.717, 1.165) is 15.6 Å². The fourth-order valence-corrected chi connectivity index (χ4v) is 2.75. The third-order valence-corrected chi connectivity index (χ3v) is 3.64.